The predicted molar refractivity (Wildman–Crippen MR) is 160 cm³/mol. The number of nitrogens with zero attached hydrogens (tertiary/aromatic N) is 5. The van der Waals surface area contributed by atoms with Gasteiger partial charge in [-0.05, 0) is 24.6 Å². The van der Waals surface area contributed by atoms with E-state index in [1.807, 2.05) is 11.8 Å². The van der Waals surface area contributed by atoms with E-state index in [1.165, 1.54) is 40.8 Å². The van der Waals surface area contributed by atoms with Crippen molar-refractivity contribution in [3.05, 3.63) is 75.0 Å². The third kappa shape index (κ3) is 5.56. The molecule has 0 bridgehead atoms. The summed E-state index contributed by atoms with van der Waals surface area (Å²) >= 11 is 12.5. The zero-order valence-electron chi connectivity index (χ0n) is 22.7. The van der Waals surface area contributed by atoms with Gasteiger partial charge in [-0.3, -0.25) is 14.4 Å². The number of nitrogens with two attached hydrogens (primary N) is 1. The number of aromatic nitrogens is 4. The van der Waals surface area contributed by atoms with E-state index in [-0.39, 0.29) is 44.9 Å². The molecule has 1 atom stereocenters. The minimum atomic E-state index is -0.897. The lowest BCUT2D eigenvalue weighted by Gasteiger charge is -2.34. The van der Waals surface area contributed by atoms with Crippen LogP contribution in [0.2, 0.25) is 10.0 Å². The van der Waals surface area contributed by atoms with Crippen molar-refractivity contribution in [3.8, 4) is 16.9 Å². The van der Waals surface area contributed by atoms with Gasteiger partial charge in [-0.25, -0.2) is 9.97 Å². The van der Waals surface area contributed by atoms with Gasteiger partial charge in [0.05, 0.1) is 51.9 Å². The number of carbonyl (C=O) groups excluding carboxylic acids is 2. The number of nitrogens with one attached hydrogen (secondary N) is 1. The summed E-state index contributed by atoms with van der Waals surface area (Å²) in [6.07, 6.45) is 4.23. The van der Waals surface area contributed by atoms with Crippen LogP contribution in [0, 0.1) is 0 Å². The highest BCUT2D eigenvalue weighted by Gasteiger charge is 2.24. The van der Waals surface area contributed by atoms with E-state index in [2.05, 4.69) is 21.9 Å². The van der Waals surface area contributed by atoms with Crippen LogP contribution < -0.4 is 21.5 Å². The van der Waals surface area contributed by atoms with Gasteiger partial charge in [0, 0.05) is 38.0 Å². The molecule has 4 aromatic rings. The lowest BCUT2D eigenvalue weighted by atomic mass is 10.0. The summed E-state index contributed by atoms with van der Waals surface area (Å²) in [4.78, 5) is 49.2. The van der Waals surface area contributed by atoms with E-state index in [0.29, 0.717) is 42.3 Å². The molecule has 12 nitrogen and oxygen atoms in total. The topological polar surface area (TPSA) is 158 Å². The Labute approximate surface area is 249 Å². The Kier molecular flexibility index (Phi) is 7.95. The summed E-state index contributed by atoms with van der Waals surface area (Å²) in [5.41, 5.74) is 6.99. The maximum atomic E-state index is 13.3. The zero-order chi connectivity index (χ0) is 30.3. The predicted octanol–water partition coefficient (Wildman–Crippen LogP) is 3.33. The number of anilines is 2. The van der Waals surface area contributed by atoms with Crippen LogP contribution in [0.1, 0.15) is 17.3 Å². The van der Waals surface area contributed by atoms with Gasteiger partial charge in [0.2, 0.25) is 5.91 Å². The molecule has 0 radical (unpaired) electrons. The largest absolute Gasteiger partial charge is 0.506 e. The monoisotopic (exact) mass is 611 g/mol. The number of halogens is 2. The first-order chi connectivity index (χ1) is 19.9. The fourth-order valence-corrected chi connectivity index (χ4v) is 5.11. The number of aryl methyl sites for hydroxylation is 1. The van der Waals surface area contributed by atoms with Crippen molar-refractivity contribution in [2.45, 2.75) is 19.6 Å². The van der Waals surface area contributed by atoms with Crippen molar-refractivity contribution in [2.75, 3.05) is 29.9 Å². The van der Waals surface area contributed by atoms with Crippen LogP contribution in [0.3, 0.4) is 0 Å². The van der Waals surface area contributed by atoms with Gasteiger partial charge < -0.3 is 34.9 Å². The normalized spacial score (nSPS) is 15.1. The summed E-state index contributed by atoms with van der Waals surface area (Å²) in [6.45, 7) is 7.34. The molecular weight excluding hydrogens is 585 g/mol. The second-order valence-electron chi connectivity index (χ2n) is 9.97. The Balaban J connectivity index is 1.47. The third-order valence-corrected chi connectivity index (χ3v) is 7.54. The van der Waals surface area contributed by atoms with Crippen molar-refractivity contribution in [1.29, 1.82) is 0 Å². The number of carbonyl (C=O) groups is 2. The number of hydrogen-bond donors (Lipinski definition) is 3. The van der Waals surface area contributed by atoms with E-state index >= 15 is 0 Å². The van der Waals surface area contributed by atoms with E-state index in [4.69, 9.17) is 33.7 Å². The van der Waals surface area contributed by atoms with E-state index < -0.39 is 17.6 Å². The Morgan fingerprint density at radius 3 is 2.71 bits per heavy atom. The Bertz CT molecular complexity index is 1820. The molecule has 14 heteroatoms. The molecule has 1 saturated heterocycles. The molecule has 0 unspecified atom stereocenters. The van der Waals surface area contributed by atoms with E-state index in [1.54, 1.807) is 12.3 Å². The molecule has 1 fully saturated rings. The molecular formula is C28H27Cl2N7O5. The number of ether oxygens (including phenoxy) is 1. The molecule has 1 aliphatic heterocycles. The molecule has 1 aliphatic rings. The second kappa shape index (κ2) is 11.5. The van der Waals surface area contributed by atoms with Crippen molar-refractivity contribution in [2.24, 2.45) is 12.8 Å². The summed E-state index contributed by atoms with van der Waals surface area (Å²) in [5, 5.41) is 13.3. The van der Waals surface area contributed by atoms with Gasteiger partial charge >= 0.3 is 0 Å². The molecule has 5 rings (SSSR count). The highest BCUT2D eigenvalue weighted by molar-refractivity contribution is 6.34. The molecule has 1 aromatic carbocycles. The van der Waals surface area contributed by atoms with Crippen LogP contribution in [-0.4, -0.2) is 61.8 Å². The summed E-state index contributed by atoms with van der Waals surface area (Å²) in [7, 11) is 1.54. The molecule has 4 N–H and O–H groups in total. The number of benzene rings is 1. The molecule has 42 heavy (non-hydrogen) atoms. The SMILES string of the molecule is C=C(C)[C@H]1CN(c2cc(NC(=O)Cn3cc(-c4cc(Cl)c(O)c(C(N)=O)c4)c4c(=O)n(C)cnc43)c(Cl)cn2)CCO1. The minimum absolute atomic E-state index is 0.126. The molecule has 0 aliphatic carbocycles. The number of amides is 2. The maximum absolute atomic E-state index is 13.3. The summed E-state index contributed by atoms with van der Waals surface area (Å²) < 4.78 is 8.54. The highest BCUT2D eigenvalue weighted by atomic mass is 35.5. The molecule has 2 amide bonds. The van der Waals surface area contributed by atoms with Crippen LogP contribution in [0.25, 0.3) is 22.2 Å². The first-order valence-electron chi connectivity index (χ1n) is 12.8. The number of morpholine rings is 1. The lowest BCUT2D eigenvalue weighted by molar-refractivity contribution is -0.116. The summed E-state index contributed by atoms with van der Waals surface area (Å²) in [5.74, 6) is -1.19. The average molecular weight is 612 g/mol. The molecule has 218 valence electrons. The summed E-state index contributed by atoms with van der Waals surface area (Å²) in [6, 6.07) is 4.42. The van der Waals surface area contributed by atoms with Gasteiger partial charge in [0.15, 0.2) is 0 Å². The van der Waals surface area contributed by atoms with Gasteiger partial charge in [0.25, 0.3) is 11.5 Å². The van der Waals surface area contributed by atoms with Gasteiger partial charge in [-0.1, -0.05) is 35.4 Å². The maximum Gasteiger partial charge on any atom is 0.263 e. The lowest BCUT2D eigenvalue weighted by Crippen LogP contribution is -2.43. The fraction of sp³-hybridized carbons (Fsp3) is 0.250. The number of pyridine rings is 1. The van der Waals surface area contributed by atoms with Crippen LogP contribution in [0.4, 0.5) is 11.5 Å². The Morgan fingerprint density at radius 2 is 2.00 bits per heavy atom. The Hall–Kier alpha value is -4.39. The number of phenols is 1. The van der Waals surface area contributed by atoms with Gasteiger partial charge in [-0.15, -0.1) is 0 Å². The molecule has 3 aromatic heterocycles. The van der Waals surface area contributed by atoms with Crippen molar-refractivity contribution in [3.63, 3.8) is 0 Å². The first-order valence-corrected chi connectivity index (χ1v) is 13.5. The molecule has 4 heterocycles. The number of hydrogen-bond acceptors (Lipinski definition) is 8. The van der Waals surface area contributed by atoms with E-state index in [0.717, 1.165) is 5.57 Å². The van der Waals surface area contributed by atoms with Crippen LogP contribution in [-0.2, 0) is 23.1 Å². The standard InChI is InChI=1S/C28H27Cl2N7O5/c1-14(2)21-11-36(4-5-42-21)22-8-20(19(30)9-32-22)34-23(38)12-37-10-17(24-27(37)33-13-35(3)28(24)41)15-6-16(26(31)40)25(39)18(29)7-15/h6-10,13,21,39H,1,4-5,11-12H2,2-3H3,(H2,31,40)(H,32,34,38)/t21-/m1/s1. The van der Waals surface area contributed by atoms with Crippen molar-refractivity contribution >= 4 is 57.6 Å². The Morgan fingerprint density at radius 1 is 1.24 bits per heavy atom. The van der Waals surface area contributed by atoms with Crippen LogP contribution >= 0.6 is 23.2 Å². The number of rotatable bonds is 7. The highest BCUT2D eigenvalue weighted by Crippen LogP contribution is 2.36. The number of aromatic hydroxyl groups is 1. The van der Waals surface area contributed by atoms with Crippen molar-refractivity contribution in [1.82, 2.24) is 19.1 Å². The molecule has 0 spiro atoms. The zero-order valence-corrected chi connectivity index (χ0v) is 24.2. The van der Waals surface area contributed by atoms with Crippen molar-refractivity contribution < 1.29 is 19.4 Å². The average Bonchev–Trinajstić information content (AvgIpc) is 3.31. The number of primary amides is 1. The van der Waals surface area contributed by atoms with Gasteiger partial charge in [-0.2, -0.15) is 0 Å². The minimum Gasteiger partial charge on any atom is -0.506 e. The van der Waals surface area contributed by atoms with Gasteiger partial charge in [0.1, 0.15) is 23.8 Å². The smallest absolute Gasteiger partial charge is 0.263 e. The van der Waals surface area contributed by atoms with Crippen LogP contribution in [0.15, 0.2) is 53.9 Å². The molecule has 0 saturated carbocycles. The quantitative estimate of drug-likeness (QED) is 0.268. The van der Waals surface area contributed by atoms with E-state index in [9.17, 15) is 19.5 Å². The fourth-order valence-electron chi connectivity index (χ4n) is 4.74. The number of fused-ring (bicyclic) bond motifs is 1. The third-order valence-electron chi connectivity index (χ3n) is 6.95. The second-order valence-corrected chi connectivity index (χ2v) is 10.8. The first kappa shape index (κ1) is 29.1. The van der Waals surface area contributed by atoms with Crippen LogP contribution in [0.5, 0.6) is 5.75 Å².